The molecule has 8 heteroatoms. The van der Waals surface area contributed by atoms with Crippen molar-refractivity contribution in [2.75, 3.05) is 20.3 Å². The molecule has 0 aromatic heterocycles. The van der Waals surface area contributed by atoms with Gasteiger partial charge in [-0.1, -0.05) is 48.6 Å². The highest BCUT2D eigenvalue weighted by molar-refractivity contribution is 6.34. The lowest BCUT2D eigenvalue weighted by Gasteiger charge is -2.16. The Labute approximate surface area is 203 Å². The maximum atomic E-state index is 15.3. The van der Waals surface area contributed by atoms with Gasteiger partial charge < -0.3 is 19.9 Å². The zero-order chi connectivity index (χ0) is 25.3. The number of aliphatic hydroxyl groups excluding tert-OH is 1. The van der Waals surface area contributed by atoms with Gasteiger partial charge in [0, 0.05) is 36.2 Å². The van der Waals surface area contributed by atoms with Gasteiger partial charge in [0.15, 0.2) is 11.6 Å². The summed E-state index contributed by atoms with van der Waals surface area (Å²) in [6, 6.07) is 4.40. The second-order valence-corrected chi connectivity index (χ2v) is 7.64. The molecule has 0 radical (unpaired) electrons. The topological polar surface area (TPSA) is 67.8 Å². The minimum atomic E-state index is -0.685. The van der Waals surface area contributed by atoms with Gasteiger partial charge in [-0.25, -0.2) is 8.78 Å². The molecule has 2 aromatic carbocycles. The summed E-state index contributed by atoms with van der Waals surface area (Å²) in [4.78, 5) is 9.06. The number of hydrogen-bond acceptors (Lipinski definition) is 4. The normalized spacial score (nSPS) is 14.7. The molecule has 1 unspecified atom stereocenters. The van der Waals surface area contributed by atoms with Gasteiger partial charge in [0.1, 0.15) is 24.3 Å². The van der Waals surface area contributed by atoms with E-state index in [9.17, 15) is 4.39 Å². The first-order chi connectivity index (χ1) is 16.3. The van der Waals surface area contributed by atoms with Crippen molar-refractivity contribution in [3.8, 4) is 22.6 Å². The smallest absolute Gasteiger partial charge is 0.206 e. The average Bonchev–Trinajstić information content (AvgIpc) is 3.24. The number of carbonyl (C=O) groups excluding carboxylic acids is 1. The van der Waals surface area contributed by atoms with Gasteiger partial charge in [0.2, 0.25) is 6.41 Å². The maximum absolute atomic E-state index is 15.3. The van der Waals surface area contributed by atoms with E-state index >= 15 is 4.39 Å². The quantitative estimate of drug-likeness (QED) is 0.387. The molecule has 0 spiro atoms. The number of fused-ring (bicyclic) bond motifs is 1. The Bertz CT molecular complexity index is 1100. The van der Waals surface area contributed by atoms with Crippen LogP contribution in [-0.2, 0) is 11.2 Å². The zero-order valence-electron chi connectivity index (χ0n) is 19.3. The lowest BCUT2D eigenvalue weighted by atomic mass is 9.91. The number of rotatable bonds is 8. The molecule has 1 heterocycles. The van der Waals surface area contributed by atoms with E-state index in [4.69, 9.17) is 31.0 Å². The molecule has 1 atom stereocenters. The van der Waals surface area contributed by atoms with Crippen LogP contribution in [0.25, 0.3) is 11.1 Å². The predicted octanol–water partition coefficient (Wildman–Crippen LogP) is 5.32. The van der Waals surface area contributed by atoms with Crippen molar-refractivity contribution in [3.05, 3.63) is 82.4 Å². The lowest BCUT2D eigenvalue weighted by Crippen LogP contribution is -2.14. The Morgan fingerprint density at radius 3 is 2.68 bits per heavy atom. The number of halogens is 3. The van der Waals surface area contributed by atoms with Crippen molar-refractivity contribution in [2.45, 2.75) is 26.4 Å². The summed E-state index contributed by atoms with van der Waals surface area (Å²) in [6.45, 7) is 6.97. The molecule has 0 bridgehead atoms. The number of nitrogens with one attached hydrogen (secondary N) is 1. The highest BCUT2D eigenvalue weighted by Crippen LogP contribution is 2.46. The van der Waals surface area contributed by atoms with Crippen LogP contribution in [0.15, 0.2) is 54.7 Å². The molecule has 34 heavy (non-hydrogen) atoms. The molecule has 2 N–H and O–H groups in total. The summed E-state index contributed by atoms with van der Waals surface area (Å²) in [7, 11) is 1.56. The second kappa shape index (κ2) is 12.9. The fourth-order valence-corrected chi connectivity index (χ4v) is 3.83. The van der Waals surface area contributed by atoms with Gasteiger partial charge >= 0.3 is 0 Å². The lowest BCUT2D eigenvalue weighted by molar-refractivity contribution is -0.109. The highest BCUT2D eigenvalue weighted by Gasteiger charge is 2.32. The van der Waals surface area contributed by atoms with Crippen LogP contribution in [0.3, 0.4) is 0 Å². The van der Waals surface area contributed by atoms with Gasteiger partial charge in [-0.3, -0.25) is 4.79 Å². The predicted molar refractivity (Wildman–Crippen MR) is 130 cm³/mol. The van der Waals surface area contributed by atoms with Gasteiger partial charge in [-0.2, -0.15) is 0 Å². The van der Waals surface area contributed by atoms with Crippen LogP contribution < -0.4 is 14.8 Å². The van der Waals surface area contributed by atoms with Crippen LogP contribution >= 0.6 is 11.6 Å². The van der Waals surface area contributed by atoms with Crippen LogP contribution in [0, 0.1) is 18.6 Å². The van der Waals surface area contributed by atoms with E-state index in [0.717, 1.165) is 5.57 Å². The van der Waals surface area contributed by atoms with E-state index in [0.29, 0.717) is 29.7 Å². The second-order valence-electron chi connectivity index (χ2n) is 7.27. The van der Waals surface area contributed by atoms with E-state index in [1.165, 1.54) is 12.1 Å². The first-order valence-corrected chi connectivity index (χ1v) is 11.0. The zero-order valence-corrected chi connectivity index (χ0v) is 20.1. The molecule has 3 rings (SSSR count). The first-order valence-electron chi connectivity index (χ1n) is 10.6. The van der Waals surface area contributed by atoms with E-state index in [-0.39, 0.29) is 41.2 Å². The van der Waals surface area contributed by atoms with Gasteiger partial charge in [-0.15, -0.1) is 0 Å². The summed E-state index contributed by atoms with van der Waals surface area (Å²) in [5, 5.41) is 11.1. The first kappa shape index (κ1) is 27.1. The van der Waals surface area contributed by atoms with Crippen molar-refractivity contribution in [3.63, 3.8) is 0 Å². The average molecular weight is 492 g/mol. The number of aliphatic hydroxyl groups is 1. The molecule has 1 aliphatic rings. The van der Waals surface area contributed by atoms with Crippen molar-refractivity contribution >= 4 is 18.0 Å². The third kappa shape index (κ3) is 6.04. The highest BCUT2D eigenvalue weighted by atomic mass is 35.5. The number of aryl methyl sites for hydroxylation is 1. The monoisotopic (exact) mass is 491 g/mol. The van der Waals surface area contributed by atoms with E-state index in [1.54, 1.807) is 32.2 Å². The Morgan fingerprint density at radius 1 is 1.38 bits per heavy atom. The Kier molecular flexibility index (Phi) is 10.3. The third-order valence-corrected chi connectivity index (χ3v) is 5.48. The van der Waals surface area contributed by atoms with E-state index in [1.807, 2.05) is 19.1 Å². The minimum absolute atomic E-state index is 0.0303. The summed E-state index contributed by atoms with van der Waals surface area (Å²) in [6.07, 6.45) is 7.91. The number of hydrogen-bond donors (Lipinski definition) is 2. The SMILES string of the molecule is C=C/C=C\C(=C/C)C1Cc2c(cc(F)c(Cl)c2-c2c(C)ccc(OCCO)c2F)O1.CNC=O. The van der Waals surface area contributed by atoms with E-state index in [2.05, 4.69) is 11.9 Å². The molecular weight excluding hydrogens is 464 g/mol. The van der Waals surface area contributed by atoms with Crippen molar-refractivity contribution in [2.24, 2.45) is 0 Å². The summed E-state index contributed by atoms with van der Waals surface area (Å²) >= 11 is 6.34. The summed E-state index contributed by atoms with van der Waals surface area (Å²) in [5.74, 6) is -1.03. The molecule has 0 saturated carbocycles. The number of amides is 1. The Hall–Kier alpha value is -3.16. The Balaban J connectivity index is 0.000000945. The van der Waals surface area contributed by atoms with Gasteiger partial charge in [0.05, 0.1) is 11.6 Å². The van der Waals surface area contributed by atoms with Gasteiger partial charge in [0.25, 0.3) is 0 Å². The number of ether oxygens (including phenoxy) is 2. The van der Waals surface area contributed by atoms with Crippen LogP contribution in [0.1, 0.15) is 18.1 Å². The summed E-state index contributed by atoms with van der Waals surface area (Å²) in [5.41, 5.74) is 2.55. The largest absolute Gasteiger partial charge is 0.488 e. The molecule has 0 saturated heterocycles. The Morgan fingerprint density at radius 2 is 2.09 bits per heavy atom. The van der Waals surface area contributed by atoms with Gasteiger partial charge in [-0.05, 0) is 31.1 Å². The molecule has 2 aromatic rings. The van der Waals surface area contributed by atoms with E-state index < -0.39 is 11.6 Å². The fraction of sp³-hybridized carbons (Fsp3) is 0.269. The molecule has 5 nitrogen and oxygen atoms in total. The van der Waals surface area contributed by atoms with Crippen molar-refractivity contribution < 1.29 is 28.2 Å². The fourth-order valence-electron chi connectivity index (χ4n) is 3.57. The number of carbonyl (C=O) groups is 1. The minimum Gasteiger partial charge on any atom is -0.488 e. The molecular formula is C26H28ClF2NO4. The number of benzene rings is 2. The third-order valence-electron chi connectivity index (χ3n) is 5.11. The molecule has 182 valence electrons. The molecule has 1 amide bonds. The standard InChI is InChI=1S/C24H23ClF2O3.C2H5NO/c1-4-6-7-15(5-2)19-12-16-20(30-19)13-17(26)23(25)22(16)21-14(3)8-9-18(24(21)27)29-11-10-28;1-3-2-4/h4-9,13,19,28H,1,10-12H2,2-3H3;2H,1H3,(H,3,4)/b7-6-,15-5+;. The van der Waals surface area contributed by atoms with Crippen LogP contribution in [0.5, 0.6) is 11.5 Å². The van der Waals surface area contributed by atoms with Crippen LogP contribution in [-0.4, -0.2) is 37.9 Å². The van der Waals surface area contributed by atoms with Crippen molar-refractivity contribution in [1.29, 1.82) is 0 Å². The molecule has 1 aliphatic heterocycles. The molecule has 0 aliphatic carbocycles. The number of allylic oxidation sites excluding steroid dienone is 3. The summed E-state index contributed by atoms with van der Waals surface area (Å²) < 4.78 is 41.3. The van der Waals surface area contributed by atoms with Crippen LogP contribution in [0.2, 0.25) is 5.02 Å². The van der Waals surface area contributed by atoms with Crippen LogP contribution in [0.4, 0.5) is 8.78 Å². The molecule has 0 fully saturated rings. The van der Waals surface area contributed by atoms with Crippen molar-refractivity contribution in [1.82, 2.24) is 5.32 Å². The maximum Gasteiger partial charge on any atom is 0.206 e.